The summed E-state index contributed by atoms with van der Waals surface area (Å²) in [6, 6.07) is 1.95. The summed E-state index contributed by atoms with van der Waals surface area (Å²) >= 11 is 0. The lowest BCUT2D eigenvalue weighted by atomic mass is 10.0. The molecule has 7 heteroatoms. The smallest absolute Gasteiger partial charge is 0.217 e. The zero-order valence-electron chi connectivity index (χ0n) is 12.0. The van der Waals surface area contributed by atoms with E-state index in [1.807, 2.05) is 16.9 Å². The van der Waals surface area contributed by atoms with Crippen molar-refractivity contribution in [2.75, 3.05) is 13.2 Å². The Morgan fingerprint density at radius 2 is 2.10 bits per heavy atom. The zero-order chi connectivity index (χ0) is 14.4. The maximum absolute atomic E-state index is 12.6. The molecule has 0 N–H and O–H groups in total. The van der Waals surface area contributed by atoms with Crippen LogP contribution in [0.3, 0.4) is 0 Å². The third-order valence-corrected chi connectivity index (χ3v) is 7.34. The molecule has 1 saturated heterocycles. The Morgan fingerprint density at radius 1 is 1.24 bits per heavy atom. The second kappa shape index (κ2) is 5.07. The van der Waals surface area contributed by atoms with Gasteiger partial charge < -0.3 is 4.74 Å². The Balaban J connectivity index is 1.52. The van der Waals surface area contributed by atoms with Gasteiger partial charge in [-0.2, -0.15) is 9.40 Å². The fourth-order valence-electron chi connectivity index (χ4n) is 3.74. The van der Waals surface area contributed by atoms with Crippen molar-refractivity contribution in [3.05, 3.63) is 18.5 Å². The van der Waals surface area contributed by atoms with E-state index in [4.69, 9.17) is 4.74 Å². The minimum Gasteiger partial charge on any atom is -0.375 e. The fraction of sp³-hybridized carbons (Fsp3) is 0.786. The van der Waals surface area contributed by atoms with Crippen LogP contribution >= 0.6 is 0 Å². The highest BCUT2D eigenvalue weighted by Gasteiger charge is 2.50. The van der Waals surface area contributed by atoms with E-state index in [1.165, 1.54) is 0 Å². The summed E-state index contributed by atoms with van der Waals surface area (Å²) in [6.45, 7) is 1.85. The molecule has 6 nitrogen and oxygen atoms in total. The number of rotatable bonds is 4. The summed E-state index contributed by atoms with van der Waals surface area (Å²) in [5, 5.41) is 4.13. The van der Waals surface area contributed by atoms with Crippen LogP contribution in [-0.2, 0) is 21.3 Å². The Labute approximate surface area is 125 Å². The first kappa shape index (κ1) is 13.7. The van der Waals surface area contributed by atoms with Crippen molar-refractivity contribution >= 4 is 10.0 Å². The molecule has 1 aromatic rings. The van der Waals surface area contributed by atoms with E-state index in [9.17, 15) is 8.42 Å². The van der Waals surface area contributed by atoms with Crippen LogP contribution in [0.2, 0.25) is 0 Å². The van der Waals surface area contributed by atoms with Gasteiger partial charge in [-0.25, -0.2) is 8.42 Å². The lowest BCUT2D eigenvalue weighted by Gasteiger charge is -2.38. The summed E-state index contributed by atoms with van der Waals surface area (Å²) in [5.41, 5.74) is 0. The van der Waals surface area contributed by atoms with Crippen molar-refractivity contribution < 1.29 is 13.2 Å². The van der Waals surface area contributed by atoms with Crippen LogP contribution in [0.15, 0.2) is 18.5 Å². The Bertz CT molecular complexity index is 597. The topological polar surface area (TPSA) is 64.4 Å². The molecule has 1 aromatic heterocycles. The van der Waals surface area contributed by atoms with E-state index >= 15 is 0 Å². The number of aromatic nitrogens is 2. The molecule has 0 radical (unpaired) electrons. The van der Waals surface area contributed by atoms with Crippen molar-refractivity contribution in [2.45, 2.75) is 49.6 Å². The number of hydrogen-bond acceptors (Lipinski definition) is 4. The summed E-state index contributed by atoms with van der Waals surface area (Å²) in [7, 11) is -3.10. The molecule has 3 aliphatic rings. The molecule has 116 valence electrons. The van der Waals surface area contributed by atoms with Crippen molar-refractivity contribution in [1.29, 1.82) is 0 Å². The second-order valence-corrected chi connectivity index (χ2v) is 8.49. The minimum absolute atomic E-state index is 0.0245. The van der Waals surface area contributed by atoms with Crippen molar-refractivity contribution in [3.8, 4) is 0 Å². The monoisotopic (exact) mass is 311 g/mol. The van der Waals surface area contributed by atoms with E-state index in [-0.39, 0.29) is 17.4 Å². The van der Waals surface area contributed by atoms with Crippen LogP contribution in [0.4, 0.5) is 0 Å². The molecule has 2 heterocycles. The first-order chi connectivity index (χ1) is 10.2. The third kappa shape index (κ3) is 2.41. The highest BCUT2D eigenvalue weighted by molar-refractivity contribution is 7.90. The normalized spacial score (nSPS) is 34.0. The maximum atomic E-state index is 12.6. The van der Waals surface area contributed by atoms with Crippen LogP contribution in [0.25, 0.3) is 0 Å². The third-order valence-electron chi connectivity index (χ3n) is 4.92. The Kier molecular flexibility index (Phi) is 3.31. The molecule has 2 aliphatic carbocycles. The number of sulfonamides is 1. The molecule has 3 atom stereocenters. The molecule has 2 saturated carbocycles. The Morgan fingerprint density at radius 3 is 2.81 bits per heavy atom. The average molecular weight is 311 g/mol. The average Bonchev–Trinajstić information content (AvgIpc) is 3.09. The number of ether oxygens (including phenoxy) is 1. The van der Waals surface area contributed by atoms with Gasteiger partial charge in [0.05, 0.1) is 24.0 Å². The van der Waals surface area contributed by atoms with Gasteiger partial charge in [0.2, 0.25) is 10.0 Å². The standard InChI is InChI=1S/C14H21N3O3S/c18-21(19,12-3-4-12)17-8-9-20-14-11(2-5-13(14)17)10-16-7-1-6-15-16/h1,6-7,11-14H,2-5,8-10H2/t11?,13-,14-/m0/s1. The van der Waals surface area contributed by atoms with E-state index in [0.717, 1.165) is 32.2 Å². The molecule has 4 rings (SSSR count). The predicted octanol–water partition coefficient (Wildman–Crippen LogP) is 0.855. The summed E-state index contributed by atoms with van der Waals surface area (Å²) in [5.74, 6) is 0.354. The van der Waals surface area contributed by atoms with Crippen molar-refractivity contribution in [3.63, 3.8) is 0 Å². The largest absolute Gasteiger partial charge is 0.375 e. The van der Waals surface area contributed by atoms with Gasteiger partial charge in [0.25, 0.3) is 0 Å². The van der Waals surface area contributed by atoms with Gasteiger partial charge >= 0.3 is 0 Å². The first-order valence-corrected chi connectivity index (χ1v) is 9.26. The van der Waals surface area contributed by atoms with Gasteiger partial charge in [-0.3, -0.25) is 4.68 Å². The number of hydrogen-bond donors (Lipinski definition) is 0. The molecule has 0 amide bonds. The highest BCUT2D eigenvalue weighted by atomic mass is 32.2. The first-order valence-electron chi connectivity index (χ1n) is 7.76. The van der Waals surface area contributed by atoms with Gasteiger partial charge in [0, 0.05) is 31.4 Å². The quantitative estimate of drug-likeness (QED) is 0.827. The van der Waals surface area contributed by atoms with Gasteiger partial charge in [-0.05, 0) is 31.7 Å². The maximum Gasteiger partial charge on any atom is 0.217 e. The fourth-order valence-corrected chi connectivity index (χ4v) is 5.79. The van der Waals surface area contributed by atoms with Gasteiger partial charge in [-0.15, -0.1) is 0 Å². The van der Waals surface area contributed by atoms with E-state index in [1.54, 1.807) is 10.5 Å². The second-order valence-electron chi connectivity index (χ2n) is 6.32. The van der Waals surface area contributed by atoms with Crippen molar-refractivity contribution in [2.24, 2.45) is 5.92 Å². The molecular formula is C14H21N3O3S. The molecular weight excluding hydrogens is 290 g/mol. The SMILES string of the molecule is O=S(=O)(C1CC1)N1CCO[C@H]2C(Cn3cccn3)CC[C@@H]21. The van der Waals surface area contributed by atoms with E-state index in [2.05, 4.69) is 5.10 Å². The molecule has 1 unspecified atom stereocenters. The number of nitrogens with zero attached hydrogens (tertiary/aromatic N) is 3. The summed E-state index contributed by atoms with van der Waals surface area (Å²) < 4.78 is 34.7. The summed E-state index contributed by atoms with van der Waals surface area (Å²) in [6.07, 6.45) is 7.32. The minimum atomic E-state index is -3.10. The number of morpholine rings is 1. The van der Waals surface area contributed by atoms with Crippen LogP contribution in [0.1, 0.15) is 25.7 Å². The van der Waals surface area contributed by atoms with Gasteiger partial charge in [0.15, 0.2) is 0 Å². The van der Waals surface area contributed by atoms with E-state index < -0.39 is 10.0 Å². The Hall–Kier alpha value is -0.920. The molecule has 0 bridgehead atoms. The lowest BCUT2D eigenvalue weighted by Crippen LogP contribution is -2.53. The lowest BCUT2D eigenvalue weighted by molar-refractivity contribution is -0.0491. The predicted molar refractivity (Wildman–Crippen MR) is 77.1 cm³/mol. The van der Waals surface area contributed by atoms with Gasteiger partial charge in [0.1, 0.15) is 0 Å². The molecule has 0 aromatic carbocycles. The van der Waals surface area contributed by atoms with Crippen LogP contribution in [0.5, 0.6) is 0 Å². The molecule has 21 heavy (non-hydrogen) atoms. The number of fused-ring (bicyclic) bond motifs is 1. The molecule has 3 fully saturated rings. The summed E-state index contributed by atoms with van der Waals surface area (Å²) in [4.78, 5) is 0. The van der Waals surface area contributed by atoms with Crippen LogP contribution in [-0.4, -0.2) is 53.1 Å². The molecule has 0 spiro atoms. The van der Waals surface area contributed by atoms with Crippen LogP contribution in [0, 0.1) is 5.92 Å². The zero-order valence-corrected chi connectivity index (χ0v) is 12.8. The van der Waals surface area contributed by atoms with Crippen LogP contribution < -0.4 is 0 Å². The van der Waals surface area contributed by atoms with E-state index in [0.29, 0.717) is 19.1 Å². The highest BCUT2D eigenvalue weighted by Crippen LogP contribution is 2.40. The van der Waals surface area contributed by atoms with Gasteiger partial charge in [-0.1, -0.05) is 0 Å². The molecule has 1 aliphatic heterocycles. The van der Waals surface area contributed by atoms with Crippen molar-refractivity contribution in [1.82, 2.24) is 14.1 Å².